The van der Waals surface area contributed by atoms with Crippen LogP contribution in [0.5, 0.6) is 17.4 Å². The van der Waals surface area contributed by atoms with Gasteiger partial charge in [0.05, 0.1) is 19.6 Å². The standard InChI is InChI=1S/C14H13N3O3/c1-8-15-10-7-13(20-3)12(19-2)6-9(10)11-4-5-14(18)16-17(8)11/h4-7H,1-3H3. The van der Waals surface area contributed by atoms with Gasteiger partial charge in [0.15, 0.2) is 22.5 Å². The van der Waals surface area contributed by atoms with Gasteiger partial charge < -0.3 is 14.6 Å². The summed E-state index contributed by atoms with van der Waals surface area (Å²) in [4.78, 5) is 4.45. The van der Waals surface area contributed by atoms with E-state index in [4.69, 9.17) is 9.47 Å². The van der Waals surface area contributed by atoms with Gasteiger partial charge in [-0.15, -0.1) is 0 Å². The third kappa shape index (κ3) is 1.77. The number of aryl methyl sites for hydroxylation is 1. The van der Waals surface area contributed by atoms with Crippen molar-refractivity contribution in [2.75, 3.05) is 14.2 Å². The van der Waals surface area contributed by atoms with Crippen LogP contribution in [0.1, 0.15) is 5.82 Å². The fourth-order valence-corrected chi connectivity index (χ4v) is 2.24. The molecule has 2 aromatic heterocycles. The molecular formula is C14H13N3O3. The summed E-state index contributed by atoms with van der Waals surface area (Å²) in [6.45, 7) is 1.80. The van der Waals surface area contributed by atoms with E-state index in [-0.39, 0.29) is 5.88 Å². The van der Waals surface area contributed by atoms with Gasteiger partial charge in [0.1, 0.15) is 0 Å². The van der Waals surface area contributed by atoms with Crippen LogP contribution in [0.4, 0.5) is 0 Å². The van der Waals surface area contributed by atoms with Gasteiger partial charge in [-0.3, -0.25) is 0 Å². The molecule has 0 aliphatic rings. The predicted octanol–water partition coefficient (Wildman–Crippen LogP) is 0.768. The third-order valence-corrected chi connectivity index (χ3v) is 3.18. The van der Waals surface area contributed by atoms with E-state index in [1.54, 1.807) is 27.2 Å². The van der Waals surface area contributed by atoms with Crippen LogP contribution in [0.2, 0.25) is 0 Å². The fourth-order valence-electron chi connectivity index (χ4n) is 2.24. The Morgan fingerprint density at radius 3 is 2.50 bits per heavy atom. The van der Waals surface area contributed by atoms with E-state index in [0.29, 0.717) is 17.3 Å². The number of rotatable bonds is 2. The van der Waals surface area contributed by atoms with Crippen molar-refractivity contribution >= 4 is 16.4 Å². The van der Waals surface area contributed by atoms with Crippen LogP contribution in [-0.2, 0) is 0 Å². The monoisotopic (exact) mass is 271 g/mol. The first-order valence-electron chi connectivity index (χ1n) is 6.06. The van der Waals surface area contributed by atoms with E-state index >= 15 is 0 Å². The van der Waals surface area contributed by atoms with Crippen molar-refractivity contribution in [3.8, 4) is 17.4 Å². The largest absolute Gasteiger partial charge is 0.856 e. The van der Waals surface area contributed by atoms with Crippen LogP contribution in [0, 0.1) is 6.92 Å². The van der Waals surface area contributed by atoms with Gasteiger partial charge in [-0.1, -0.05) is 9.61 Å². The van der Waals surface area contributed by atoms with Crippen LogP contribution < -0.4 is 19.1 Å². The van der Waals surface area contributed by atoms with E-state index in [2.05, 4.69) is 10.1 Å². The summed E-state index contributed by atoms with van der Waals surface area (Å²) in [5.74, 6) is 1.56. The van der Waals surface area contributed by atoms with Crippen molar-refractivity contribution < 1.29 is 19.1 Å². The Hall–Kier alpha value is -2.63. The van der Waals surface area contributed by atoms with Gasteiger partial charge in [0, 0.05) is 24.9 Å². The molecule has 0 fully saturated rings. The number of ether oxygens (including phenoxy) is 2. The highest BCUT2D eigenvalue weighted by Crippen LogP contribution is 2.32. The maximum absolute atomic E-state index is 11.4. The SMILES string of the molecule is COc1cc2nc(C)[n+]3nc([O-])ccc3c2cc1OC. The molecule has 0 aliphatic carbocycles. The Bertz CT molecular complexity index is 818. The first-order valence-corrected chi connectivity index (χ1v) is 6.06. The minimum atomic E-state index is -0.299. The summed E-state index contributed by atoms with van der Waals surface area (Å²) in [6, 6.07) is 6.82. The lowest BCUT2D eigenvalue weighted by molar-refractivity contribution is -0.597. The summed E-state index contributed by atoms with van der Waals surface area (Å²) in [7, 11) is 3.16. The number of methoxy groups -OCH3 is 2. The highest BCUT2D eigenvalue weighted by atomic mass is 16.5. The van der Waals surface area contributed by atoms with E-state index in [9.17, 15) is 5.11 Å². The highest BCUT2D eigenvalue weighted by Gasteiger charge is 2.17. The normalized spacial score (nSPS) is 10.9. The minimum Gasteiger partial charge on any atom is -0.856 e. The molecule has 3 rings (SSSR count). The Morgan fingerprint density at radius 1 is 1.10 bits per heavy atom. The van der Waals surface area contributed by atoms with Crippen LogP contribution in [0.25, 0.3) is 16.4 Å². The zero-order chi connectivity index (χ0) is 14.3. The molecule has 102 valence electrons. The zero-order valence-corrected chi connectivity index (χ0v) is 11.4. The number of hydrogen-bond acceptors (Lipinski definition) is 5. The molecule has 0 unspecified atom stereocenters. The van der Waals surface area contributed by atoms with Crippen molar-refractivity contribution in [1.29, 1.82) is 0 Å². The van der Waals surface area contributed by atoms with Gasteiger partial charge in [-0.05, 0) is 17.1 Å². The molecule has 0 atom stereocenters. The number of nitrogens with zero attached hydrogens (tertiary/aromatic N) is 3. The van der Waals surface area contributed by atoms with Gasteiger partial charge in [-0.25, -0.2) is 0 Å². The Kier molecular flexibility index (Phi) is 2.78. The molecule has 6 heteroatoms. The van der Waals surface area contributed by atoms with Gasteiger partial charge >= 0.3 is 5.82 Å². The smallest absolute Gasteiger partial charge is 0.321 e. The van der Waals surface area contributed by atoms with Gasteiger partial charge in [0.2, 0.25) is 0 Å². The third-order valence-electron chi connectivity index (χ3n) is 3.18. The van der Waals surface area contributed by atoms with Crippen molar-refractivity contribution in [2.24, 2.45) is 0 Å². The maximum atomic E-state index is 11.4. The maximum Gasteiger partial charge on any atom is 0.321 e. The average molecular weight is 271 g/mol. The van der Waals surface area contributed by atoms with Crippen molar-refractivity contribution in [3.05, 3.63) is 30.1 Å². The minimum absolute atomic E-state index is 0.299. The molecule has 0 amide bonds. The van der Waals surface area contributed by atoms with Crippen LogP contribution in [0.15, 0.2) is 24.3 Å². The topological polar surface area (TPSA) is 71.4 Å². The van der Waals surface area contributed by atoms with Crippen LogP contribution in [0.3, 0.4) is 0 Å². The molecule has 2 heterocycles. The summed E-state index contributed by atoms with van der Waals surface area (Å²) >= 11 is 0. The lowest BCUT2D eigenvalue weighted by Crippen LogP contribution is -2.32. The van der Waals surface area contributed by atoms with Gasteiger partial charge in [-0.2, -0.15) is 0 Å². The lowest BCUT2D eigenvalue weighted by Gasteiger charge is -2.09. The molecule has 3 aromatic rings. The zero-order valence-electron chi connectivity index (χ0n) is 11.4. The second kappa shape index (κ2) is 4.48. The number of aromatic nitrogens is 3. The first-order chi connectivity index (χ1) is 9.63. The van der Waals surface area contributed by atoms with Crippen LogP contribution in [-0.4, -0.2) is 24.3 Å². The second-order valence-electron chi connectivity index (χ2n) is 4.35. The summed E-state index contributed by atoms with van der Waals surface area (Å²) in [5, 5.41) is 16.2. The molecule has 0 N–H and O–H groups in total. The molecule has 1 aromatic carbocycles. The molecule has 0 aliphatic heterocycles. The van der Waals surface area contributed by atoms with Crippen molar-refractivity contribution in [3.63, 3.8) is 0 Å². The lowest BCUT2D eigenvalue weighted by atomic mass is 10.1. The summed E-state index contributed by atoms with van der Waals surface area (Å²) < 4.78 is 12.1. The number of hydrogen-bond donors (Lipinski definition) is 0. The molecule has 0 bridgehead atoms. The molecule has 6 nitrogen and oxygen atoms in total. The second-order valence-corrected chi connectivity index (χ2v) is 4.35. The molecule has 0 spiro atoms. The molecule has 0 radical (unpaired) electrons. The summed E-state index contributed by atoms with van der Waals surface area (Å²) in [5.41, 5.74) is 1.56. The van der Waals surface area contributed by atoms with E-state index in [1.807, 2.05) is 12.1 Å². The molecular weight excluding hydrogens is 258 g/mol. The quantitative estimate of drug-likeness (QED) is 0.508. The fraction of sp³-hybridized carbons (Fsp3) is 0.214. The number of benzene rings is 1. The van der Waals surface area contributed by atoms with Crippen LogP contribution >= 0.6 is 0 Å². The first kappa shape index (κ1) is 12.4. The molecule has 0 saturated carbocycles. The Morgan fingerprint density at radius 2 is 1.80 bits per heavy atom. The summed E-state index contributed by atoms with van der Waals surface area (Å²) in [6.07, 6.45) is 0. The van der Waals surface area contributed by atoms with Crippen molar-refractivity contribution in [2.45, 2.75) is 6.92 Å². The van der Waals surface area contributed by atoms with Gasteiger partial charge in [0.25, 0.3) is 0 Å². The van der Waals surface area contributed by atoms with E-state index in [0.717, 1.165) is 16.4 Å². The molecule has 20 heavy (non-hydrogen) atoms. The predicted molar refractivity (Wildman–Crippen MR) is 70.0 cm³/mol. The highest BCUT2D eigenvalue weighted by molar-refractivity contribution is 5.93. The Balaban J connectivity index is 2.46. The number of fused-ring (bicyclic) bond motifs is 3. The molecule has 0 saturated heterocycles. The van der Waals surface area contributed by atoms with E-state index < -0.39 is 0 Å². The Labute approximate surface area is 115 Å². The van der Waals surface area contributed by atoms with Crippen molar-refractivity contribution in [1.82, 2.24) is 10.1 Å². The van der Waals surface area contributed by atoms with E-state index in [1.165, 1.54) is 10.6 Å². The average Bonchev–Trinajstić information content (AvgIpc) is 2.46.